The van der Waals surface area contributed by atoms with E-state index in [-0.39, 0.29) is 22.8 Å². The first-order chi connectivity index (χ1) is 9.02. The van der Waals surface area contributed by atoms with Crippen molar-refractivity contribution in [2.45, 2.75) is 58.2 Å². The first-order valence-electron chi connectivity index (χ1n) is 6.69. The van der Waals surface area contributed by atoms with Crippen LogP contribution in [0.5, 0.6) is 0 Å². The van der Waals surface area contributed by atoms with E-state index in [0.717, 1.165) is 25.7 Å². The summed E-state index contributed by atoms with van der Waals surface area (Å²) in [6.45, 7) is 4.15. The van der Waals surface area contributed by atoms with Gasteiger partial charge in [-0.1, -0.05) is 0 Å². The summed E-state index contributed by atoms with van der Waals surface area (Å²) in [5.74, 6) is 0.492. The second-order valence-corrected chi connectivity index (χ2v) is 5.01. The zero-order chi connectivity index (χ0) is 14.0. The van der Waals surface area contributed by atoms with Crippen LogP contribution in [0, 0.1) is 17.0 Å². The zero-order valence-electron chi connectivity index (χ0n) is 11.3. The summed E-state index contributed by atoms with van der Waals surface area (Å²) < 4.78 is 1.64. The van der Waals surface area contributed by atoms with Crippen LogP contribution >= 0.6 is 0 Å². The molecule has 1 aliphatic carbocycles. The van der Waals surface area contributed by atoms with Gasteiger partial charge in [-0.05, 0) is 39.5 Å². The number of aryl methyl sites for hydroxylation is 2. The predicted molar refractivity (Wildman–Crippen MR) is 71.2 cm³/mol. The van der Waals surface area contributed by atoms with Gasteiger partial charge in [0.25, 0.3) is 0 Å². The smallest absolute Gasteiger partial charge is 0.333 e. The molecule has 2 rings (SSSR count). The number of nitro groups is 1. The number of hydrogen-bond acceptors (Lipinski definition) is 5. The third-order valence-electron chi connectivity index (χ3n) is 3.62. The first-order valence-corrected chi connectivity index (χ1v) is 6.69. The Morgan fingerprint density at radius 3 is 2.63 bits per heavy atom. The van der Waals surface area contributed by atoms with Crippen molar-refractivity contribution in [1.82, 2.24) is 9.78 Å². The van der Waals surface area contributed by atoms with Crippen molar-refractivity contribution in [2.75, 3.05) is 5.32 Å². The molecule has 0 bridgehead atoms. The molecule has 7 nitrogen and oxygen atoms in total. The lowest BCUT2D eigenvalue weighted by molar-refractivity contribution is -0.384. The normalized spacial score (nSPS) is 23.3. The molecule has 0 aliphatic heterocycles. The molecular formula is C12H20N4O3. The Kier molecular flexibility index (Phi) is 4.04. The topological polar surface area (TPSA) is 93.2 Å². The van der Waals surface area contributed by atoms with Crippen LogP contribution in [0.4, 0.5) is 11.5 Å². The molecular weight excluding hydrogens is 248 g/mol. The molecule has 0 spiro atoms. The number of nitrogens with zero attached hydrogens (tertiary/aromatic N) is 3. The van der Waals surface area contributed by atoms with E-state index in [9.17, 15) is 15.2 Å². The second-order valence-electron chi connectivity index (χ2n) is 5.01. The number of rotatable bonds is 4. The maximum absolute atomic E-state index is 11.1. The van der Waals surface area contributed by atoms with Crippen molar-refractivity contribution >= 4 is 11.5 Å². The minimum atomic E-state index is -0.380. The molecule has 1 aromatic heterocycles. The summed E-state index contributed by atoms with van der Waals surface area (Å²) in [5, 5.41) is 28.1. The van der Waals surface area contributed by atoms with Gasteiger partial charge >= 0.3 is 5.69 Å². The monoisotopic (exact) mass is 268 g/mol. The lowest BCUT2D eigenvalue weighted by atomic mass is 9.93. The number of aliphatic hydroxyl groups excluding tert-OH is 1. The van der Waals surface area contributed by atoms with Gasteiger partial charge in [0, 0.05) is 12.6 Å². The van der Waals surface area contributed by atoms with Gasteiger partial charge in [-0.3, -0.25) is 10.1 Å². The molecule has 1 aromatic rings. The zero-order valence-corrected chi connectivity index (χ0v) is 11.3. The molecule has 0 aromatic carbocycles. The van der Waals surface area contributed by atoms with Gasteiger partial charge in [0.1, 0.15) is 5.69 Å². The van der Waals surface area contributed by atoms with Gasteiger partial charge in [0.2, 0.25) is 5.82 Å². The molecule has 0 saturated heterocycles. The van der Waals surface area contributed by atoms with E-state index in [4.69, 9.17) is 0 Å². The molecule has 106 valence electrons. The van der Waals surface area contributed by atoms with Crippen LogP contribution in [0.15, 0.2) is 0 Å². The predicted octanol–water partition coefficient (Wildman–Crippen LogP) is 1.84. The molecule has 7 heteroatoms. The van der Waals surface area contributed by atoms with Crippen molar-refractivity contribution in [3.05, 3.63) is 15.8 Å². The van der Waals surface area contributed by atoms with E-state index < -0.39 is 0 Å². The number of aromatic nitrogens is 2. The van der Waals surface area contributed by atoms with Gasteiger partial charge in [0.15, 0.2) is 0 Å². The Labute approximate surface area is 111 Å². The minimum Gasteiger partial charge on any atom is -0.393 e. The fraction of sp³-hybridized carbons (Fsp3) is 0.750. The minimum absolute atomic E-state index is 0.0629. The summed E-state index contributed by atoms with van der Waals surface area (Å²) in [5.41, 5.74) is 0.498. The van der Waals surface area contributed by atoms with E-state index >= 15 is 0 Å². The summed E-state index contributed by atoms with van der Waals surface area (Å²) >= 11 is 0. The standard InChI is InChI=1S/C12H20N4O3/c1-3-15-12(11(16(18)19)8(2)14-15)13-9-4-6-10(17)7-5-9/h9-10,13,17H,3-7H2,1-2H3. The van der Waals surface area contributed by atoms with E-state index in [2.05, 4.69) is 10.4 Å². The molecule has 1 heterocycles. The molecule has 19 heavy (non-hydrogen) atoms. The highest BCUT2D eigenvalue weighted by Gasteiger charge is 2.28. The van der Waals surface area contributed by atoms with Crippen LogP contribution < -0.4 is 5.32 Å². The lowest BCUT2D eigenvalue weighted by Gasteiger charge is -2.26. The van der Waals surface area contributed by atoms with Crippen molar-refractivity contribution < 1.29 is 10.0 Å². The molecule has 0 amide bonds. The average molecular weight is 268 g/mol. The molecule has 2 N–H and O–H groups in total. The number of hydrogen-bond donors (Lipinski definition) is 2. The van der Waals surface area contributed by atoms with Crippen LogP contribution in [0.25, 0.3) is 0 Å². The fourth-order valence-electron chi connectivity index (χ4n) is 2.58. The summed E-state index contributed by atoms with van der Waals surface area (Å²) in [6, 6.07) is 0.170. The van der Waals surface area contributed by atoms with Crippen LogP contribution in [0.3, 0.4) is 0 Å². The largest absolute Gasteiger partial charge is 0.393 e. The number of nitrogens with one attached hydrogen (secondary N) is 1. The second kappa shape index (κ2) is 5.56. The average Bonchev–Trinajstić information content (AvgIpc) is 2.68. The van der Waals surface area contributed by atoms with E-state index in [0.29, 0.717) is 18.1 Å². The van der Waals surface area contributed by atoms with Crippen molar-refractivity contribution in [2.24, 2.45) is 0 Å². The Morgan fingerprint density at radius 1 is 1.47 bits per heavy atom. The van der Waals surface area contributed by atoms with E-state index in [1.54, 1.807) is 11.6 Å². The van der Waals surface area contributed by atoms with Crippen molar-refractivity contribution in [3.8, 4) is 0 Å². The van der Waals surface area contributed by atoms with E-state index in [1.165, 1.54) is 0 Å². The first kappa shape index (κ1) is 13.8. The third kappa shape index (κ3) is 2.86. The Balaban J connectivity index is 2.21. The number of anilines is 1. The van der Waals surface area contributed by atoms with Crippen LogP contribution in [-0.4, -0.2) is 32.0 Å². The Bertz CT molecular complexity index is 464. The van der Waals surface area contributed by atoms with Crippen LogP contribution in [0.2, 0.25) is 0 Å². The quantitative estimate of drug-likeness (QED) is 0.642. The molecule has 1 saturated carbocycles. The van der Waals surface area contributed by atoms with Crippen LogP contribution in [-0.2, 0) is 6.54 Å². The SMILES string of the molecule is CCn1nc(C)c([N+](=O)[O-])c1NC1CCC(O)CC1. The molecule has 1 fully saturated rings. The van der Waals surface area contributed by atoms with Gasteiger partial charge < -0.3 is 10.4 Å². The third-order valence-corrected chi connectivity index (χ3v) is 3.62. The summed E-state index contributed by atoms with van der Waals surface area (Å²) in [6.07, 6.45) is 2.90. The van der Waals surface area contributed by atoms with Crippen LogP contribution in [0.1, 0.15) is 38.3 Å². The van der Waals surface area contributed by atoms with Gasteiger partial charge in [-0.25, -0.2) is 4.68 Å². The Hall–Kier alpha value is -1.63. The van der Waals surface area contributed by atoms with Crippen molar-refractivity contribution in [3.63, 3.8) is 0 Å². The van der Waals surface area contributed by atoms with Gasteiger partial charge in [0.05, 0.1) is 11.0 Å². The molecule has 0 unspecified atom stereocenters. The van der Waals surface area contributed by atoms with E-state index in [1.807, 2.05) is 6.92 Å². The maximum Gasteiger partial charge on any atom is 0.333 e. The van der Waals surface area contributed by atoms with Gasteiger partial charge in [-0.15, -0.1) is 0 Å². The maximum atomic E-state index is 11.1. The summed E-state index contributed by atoms with van der Waals surface area (Å²) in [4.78, 5) is 10.8. The molecule has 0 radical (unpaired) electrons. The summed E-state index contributed by atoms with van der Waals surface area (Å²) in [7, 11) is 0. The van der Waals surface area contributed by atoms with Gasteiger partial charge in [-0.2, -0.15) is 5.10 Å². The molecule has 1 aliphatic rings. The Morgan fingerprint density at radius 2 is 2.11 bits per heavy atom. The lowest BCUT2D eigenvalue weighted by Crippen LogP contribution is -2.29. The fourth-order valence-corrected chi connectivity index (χ4v) is 2.58. The highest BCUT2D eigenvalue weighted by Crippen LogP contribution is 2.31. The number of aliphatic hydroxyl groups is 1. The van der Waals surface area contributed by atoms with Crippen molar-refractivity contribution in [1.29, 1.82) is 0 Å². The molecule has 0 atom stereocenters. The highest BCUT2D eigenvalue weighted by molar-refractivity contribution is 5.60. The highest BCUT2D eigenvalue weighted by atomic mass is 16.6.